The normalized spacial score (nSPS) is 36.0. The Morgan fingerprint density at radius 1 is 1.14 bits per heavy atom. The highest BCUT2D eigenvalue weighted by Gasteiger charge is 2.58. The monoisotopic (exact) mass is 284 g/mol. The molecule has 0 aromatic heterocycles. The predicted molar refractivity (Wildman–Crippen MR) is 78.6 cm³/mol. The molecule has 3 aliphatic rings. The van der Waals surface area contributed by atoms with Gasteiger partial charge in [-0.25, -0.2) is 0 Å². The molecule has 1 spiro atoms. The van der Waals surface area contributed by atoms with E-state index in [0.29, 0.717) is 12.5 Å². The minimum atomic E-state index is -0.197. The van der Waals surface area contributed by atoms with E-state index in [1.54, 1.807) is 0 Å². The van der Waals surface area contributed by atoms with Crippen LogP contribution in [0.3, 0.4) is 0 Å². The fourth-order valence-corrected chi connectivity index (χ4v) is 4.85. The summed E-state index contributed by atoms with van der Waals surface area (Å²) in [4.78, 5) is 27.1. The van der Waals surface area contributed by atoms with Gasteiger partial charge in [0.25, 0.3) is 0 Å². The van der Waals surface area contributed by atoms with E-state index in [1.165, 1.54) is 6.42 Å². The molecule has 3 aliphatic heterocycles. The summed E-state index contributed by atoms with van der Waals surface area (Å²) in [5.74, 6) is -0.392. The van der Waals surface area contributed by atoms with Crippen molar-refractivity contribution in [2.75, 3.05) is 13.1 Å². The Hall–Kier alpha value is -1.68. The summed E-state index contributed by atoms with van der Waals surface area (Å²) in [5, 5.41) is 2.56. The molecule has 0 radical (unpaired) electrons. The minimum Gasteiger partial charge on any atom is -0.300 e. The fraction of sp³-hybridized carbons (Fsp3) is 0.529. The lowest BCUT2D eigenvalue weighted by molar-refractivity contribution is -0.141. The Bertz CT molecular complexity index is 586. The molecule has 3 fully saturated rings. The summed E-state index contributed by atoms with van der Waals surface area (Å²) >= 11 is 0. The van der Waals surface area contributed by atoms with E-state index in [-0.39, 0.29) is 23.1 Å². The van der Waals surface area contributed by atoms with Crippen LogP contribution >= 0.6 is 0 Å². The fourth-order valence-electron chi connectivity index (χ4n) is 4.85. The van der Waals surface area contributed by atoms with E-state index in [9.17, 15) is 9.59 Å². The highest BCUT2D eigenvalue weighted by Crippen LogP contribution is 2.55. The van der Waals surface area contributed by atoms with Crippen molar-refractivity contribution in [2.24, 2.45) is 5.41 Å². The summed E-state index contributed by atoms with van der Waals surface area (Å²) in [6.45, 7) is 2.14. The molecule has 4 nitrogen and oxygen atoms in total. The standard InChI is InChI=1S/C17H20N2O2/c20-14-11-17(8-10-19-9-4-7-13(17)19)15(16(21)18-14)12-5-2-1-3-6-12/h1-3,5-6,13,15H,4,7-11H2,(H,18,20,21). The lowest BCUT2D eigenvalue weighted by Gasteiger charge is -2.44. The molecule has 21 heavy (non-hydrogen) atoms. The van der Waals surface area contributed by atoms with Crippen molar-refractivity contribution in [2.45, 2.75) is 37.6 Å². The molecule has 4 heteroatoms. The van der Waals surface area contributed by atoms with E-state index in [4.69, 9.17) is 0 Å². The van der Waals surface area contributed by atoms with E-state index >= 15 is 0 Å². The van der Waals surface area contributed by atoms with Crippen LogP contribution in [0.25, 0.3) is 0 Å². The highest BCUT2D eigenvalue weighted by molar-refractivity contribution is 6.02. The van der Waals surface area contributed by atoms with Crippen molar-refractivity contribution >= 4 is 11.8 Å². The van der Waals surface area contributed by atoms with Crippen LogP contribution in [0, 0.1) is 5.41 Å². The van der Waals surface area contributed by atoms with Crippen LogP contribution in [-0.4, -0.2) is 35.8 Å². The number of carbonyl (C=O) groups excluding carboxylic acids is 2. The van der Waals surface area contributed by atoms with Crippen molar-refractivity contribution in [3.05, 3.63) is 35.9 Å². The van der Waals surface area contributed by atoms with Gasteiger partial charge in [-0.2, -0.15) is 0 Å². The molecule has 1 aromatic carbocycles. The number of amides is 2. The van der Waals surface area contributed by atoms with Crippen LogP contribution in [0.5, 0.6) is 0 Å². The first-order valence-electron chi connectivity index (χ1n) is 7.83. The van der Waals surface area contributed by atoms with Crippen molar-refractivity contribution in [1.82, 2.24) is 10.2 Å². The number of fused-ring (bicyclic) bond motifs is 2. The second-order valence-electron chi connectivity index (χ2n) is 6.61. The van der Waals surface area contributed by atoms with Crippen LogP contribution in [-0.2, 0) is 9.59 Å². The lowest BCUT2D eigenvalue weighted by atomic mass is 9.62. The summed E-state index contributed by atoms with van der Waals surface area (Å²) in [5.41, 5.74) is 0.855. The molecule has 2 amide bonds. The summed E-state index contributed by atoms with van der Waals surface area (Å²) in [6.07, 6.45) is 3.74. The molecule has 3 saturated heterocycles. The molecule has 4 rings (SSSR count). The molecule has 1 aromatic rings. The SMILES string of the molecule is O=C1CC2(CCN3CCCC32)C(c2ccccc2)C(=O)N1. The number of rotatable bonds is 1. The number of nitrogens with one attached hydrogen (secondary N) is 1. The first-order chi connectivity index (χ1) is 10.2. The Kier molecular flexibility index (Phi) is 2.89. The van der Waals surface area contributed by atoms with Gasteiger partial charge < -0.3 is 0 Å². The molecule has 110 valence electrons. The van der Waals surface area contributed by atoms with Gasteiger partial charge in [0.05, 0.1) is 5.92 Å². The quantitative estimate of drug-likeness (QED) is 0.798. The Morgan fingerprint density at radius 3 is 2.76 bits per heavy atom. The van der Waals surface area contributed by atoms with E-state index in [0.717, 1.165) is 31.5 Å². The van der Waals surface area contributed by atoms with Crippen LogP contribution < -0.4 is 5.32 Å². The number of benzene rings is 1. The molecule has 3 heterocycles. The number of imide groups is 1. The Labute approximate surface area is 124 Å². The van der Waals surface area contributed by atoms with E-state index < -0.39 is 0 Å². The van der Waals surface area contributed by atoms with Gasteiger partial charge in [-0.15, -0.1) is 0 Å². The van der Waals surface area contributed by atoms with Crippen molar-refractivity contribution in [3.63, 3.8) is 0 Å². The van der Waals surface area contributed by atoms with Crippen molar-refractivity contribution in [3.8, 4) is 0 Å². The predicted octanol–water partition coefficient (Wildman–Crippen LogP) is 1.67. The zero-order valence-corrected chi connectivity index (χ0v) is 12.0. The number of nitrogens with zero attached hydrogens (tertiary/aromatic N) is 1. The summed E-state index contributed by atoms with van der Waals surface area (Å²) < 4.78 is 0. The summed E-state index contributed by atoms with van der Waals surface area (Å²) in [7, 11) is 0. The van der Waals surface area contributed by atoms with Crippen molar-refractivity contribution in [1.29, 1.82) is 0 Å². The van der Waals surface area contributed by atoms with Crippen LogP contribution in [0.4, 0.5) is 0 Å². The zero-order chi connectivity index (χ0) is 14.4. The molecule has 0 bridgehead atoms. The zero-order valence-electron chi connectivity index (χ0n) is 12.0. The second kappa shape index (κ2) is 4.67. The topological polar surface area (TPSA) is 49.4 Å². The van der Waals surface area contributed by atoms with Crippen LogP contribution in [0.1, 0.15) is 37.2 Å². The van der Waals surface area contributed by atoms with Gasteiger partial charge in [0, 0.05) is 17.9 Å². The molecule has 3 atom stereocenters. The second-order valence-corrected chi connectivity index (χ2v) is 6.61. The maximum absolute atomic E-state index is 12.6. The Morgan fingerprint density at radius 2 is 1.95 bits per heavy atom. The van der Waals surface area contributed by atoms with Gasteiger partial charge in [0.15, 0.2) is 0 Å². The van der Waals surface area contributed by atoms with Gasteiger partial charge in [0.2, 0.25) is 11.8 Å². The van der Waals surface area contributed by atoms with E-state index in [1.807, 2.05) is 30.3 Å². The smallest absolute Gasteiger partial charge is 0.234 e. The molecular formula is C17H20N2O2. The average molecular weight is 284 g/mol. The third kappa shape index (κ3) is 1.85. The number of hydrogen-bond acceptors (Lipinski definition) is 3. The first-order valence-corrected chi connectivity index (χ1v) is 7.83. The molecule has 0 aliphatic carbocycles. The van der Waals surface area contributed by atoms with Crippen LogP contribution in [0.15, 0.2) is 30.3 Å². The highest BCUT2D eigenvalue weighted by atomic mass is 16.2. The Balaban J connectivity index is 1.81. The molecule has 0 saturated carbocycles. The third-order valence-electron chi connectivity index (χ3n) is 5.61. The van der Waals surface area contributed by atoms with Gasteiger partial charge >= 0.3 is 0 Å². The number of hydrogen-bond donors (Lipinski definition) is 1. The summed E-state index contributed by atoms with van der Waals surface area (Å²) in [6, 6.07) is 10.4. The molecule has 1 N–H and O–H groups in total. The lowest BCUT2D eigenvalue weighted by Crippen LogP contribution is -2.54. The number of carbonyl (C=O) groups is 2. The van der Waals surface area contributed by atoms with Gasteiger partial charge in [-0.3, -0.25) is 19.8 Å². The minimum absolute atomic E-state index is 0.0964. The van der Waals surface area contributed by atoms with Gasteiger partial charge in [-0.1, -0.05) is 30.3 Å². The van der Waals surface area contributed by atoms with Gasteiger partial charge in [-0.05, 0) is 37.9 Å². The maximum Gasteiger partial charge on any atom is 0.234 e. The maximum atomic E-state index is 12.6. The van der Waals surface area contributed by atoms with Crippen LogP contribution in [0.2, 0.25) is 0 Å². The van der Waals surface area contributed by atoms with Crippen molar-refractivity contribution < 1.29 is 9.59 Å². The largest absolute Gasteiger partial charge is 0.300 e. The number of piperidine rings is 1. The van der Waals surface area contributed by atoms with Gasteiger partial charge in [0.1, 0.15) is 0 Å². The third-order valence-corrected chi connectivity index (χ3v) is 5.61. The van der Waals surface area contributed by atoms with E-state index in [2.05, 4.69) is 10.2 Å². The molecule has 3 unspecified atom stereocenters. The first kappa shape index (κ1) is 13.0. The molecular weight excluding hydrogens is 264 g/mol. The average Bonchev–Trinajstić information content (AvgIpc) is 3.05.